The van der Waals surface area contributed by atoms with E-state index in [1.165, 1.54) is 17.3 Å². The van der Waals surface area contributed by atoms with Crippen LogP contribution in [0.2, 0.25) is 0 Å². The third-order valence-corrected chi connectivity index (χ3v) is 6.77. The summed E-state index contributed by atoms with van der Waals surface area (Å²) >= 11 is 0. The molecule has 3 aromatic rings. The van der Waals surface area contributed by atoms with Crippen molar-refractivity contribution in [3.63, 3.8) is 0 Å². The van der Waals surface area contributed by atoms with Crippen LogP contribution in [0, 0.1) is 11.6 Å². The molecule has 1 unspecified atom stereocenters. The van der Waals surface area contributed by atoms with Gasteiger partial charge in [0.2, 0.25) is 0 Å². The van der Waals surface area contributed by atoms with Gasteiger partial charge in [0.1, 0.15) is 11.6 Å². The van der Waals surface area contributed by atoms with Crippen LogP contribution in [0.4, 0.5) is 30.6 Å². The number of hydrogen-bond acceptors (Lipinski definition) is 5. The zero-order valence-electron chi connectivity index (χ0n) is 20.8. The third kappa shape index (κ3) is 5.73. The first-order valence-corrected chi connectivity index (χ1v) is 12.2. The molecule has 2 amide bonds. The molecule has 3 aromatic carbocycles. The molecule has 1 saturated heterocycles. The van der Waals surface area contributed by atoms with E-state index in [0.29, 0.717) is 5.69 Å². The van der Waals surface area contributed by atoms with Crippen molar-refractivity contribution in [2.45, 2.75) is 6.04 Å². The first-order valence-electron chi connectivity index (χ1n) is 12.2. The highest BCUT2D eigenvalue weighted by atomic mass is 19.1. The fraction of sp³-hybridized carbons (Fsp3) is 0.250. The number of amides is 2. The lowest BCUT2D eigenvalue weighted by atomic mass is 10.0. The molecule has 9 heteroatoms. The molecule has 5 rings (SSSR count). The number of nitrogens with zero attached hydrogens (tertiary/aromatic N) is 3. The van der Waals surface area contributed by atoms with Crippen molar-refractivity contribution in [1.29, 1.82) is 0 Å². The van der Waals surface area contributed by atoms with E-state index in [2.05, 4.69) is 68.3 Å². The topological polar surface area (TPSA) is 62.9 Å². The molecule has 0 aliphatic carbocycles. The average molecular weight is 505 g/mol. The van der Waals surface area contributed by atoms with E-state index in [0.717, 1.165) is 49.6 Å². The second kappa shape index (κ2) is 10.6. The molecule has 0 saturated carbocycles. The Bertz CT molecular complexity index is 1290. The Balaban J connectivity index is 1.21. The molecule has 0 bridgehead atoms. The minimum Gasteiger partial charge on any atom is -0.369 e. The number of likely N-dealkylation sites (N-methyl/N-ethyl adjacent to an activating group) is 2. The van der Waals surface area contributed by atoms with E-state index >= 15 is 0 Å². The van der Waals surface area contributed by atoms with E-state index in [9.17, 15) is 13.6 Å². The van der Waals surface area contributed by atoms with Gasteiger partial charge in [-0.05, 0) is 60.6 Å². The second-order valence-electron chi connectivity index (χ2n) is 9.41. The van der Waals surface area contributed by atoms with Gasteiger partial charge in [0.15, 0.2) is 0 Å². The van der Waals surface area contributed by atoms with Crippen molar-refractivity contribution in [2.24, 2.45) is 0 Å². The molecule has 3 N–H and O–H groups in total. The Morgan fingerprint density at radius 3 is 2.27 bits per heavy atom. The monoisotopic (exact) mass is 504 g/mol. The highest BCUT2D eigenvalue weighted by Crippen LogP contribution is 2.31. The molecule has 192 valence electrons. The highest BCUT2D eigenvalue weighted by Gasteiger charge is 2.24. The molecule has 0 radical (unpaired) electrons. The summed E-state index contributed by atoms with van der Waals surface area (Å²) in [6.45, 7) is 4.24. The smallest absolute Gasteiger partial charge is 0.323 e. The van der Waals surface area contributed by atoms with Crippen molar-refractivity contribution >= 4 is 28.8 Å². The summed E-state index contributed by atoms with van der Waals surface area (Å²) in [6.07, 6.45) is 2.18. The van der Waals surface area contributed by atoms with Crippen LogP contribution in [0.25, 0.3) is 5.70 Å². The fourth-order valence-corrected chi connectivity index (χ4v) is 4.60. The van der Waals surface area contributed by atoms with E-state index in [1.54, 1.807) is 12.1 Å². The molecule has 0 spiro atoms. The molecule has 1 atom stereocenters. The van der Waals surface area contributed by atoms with Gasteiger partial charge in [0.25, 0.3) is 0 Å². The Morgan fingerprint density at radius 1 is 0.892 bits per heavy atom. The molecule has 2 aliphatic rings. The van der Waals surface area contributed by atoms with Crippen LogP contribution in [-0.2, 0) is 0 Å². The average Bonchev–Trinajstić information content (AvgIpc) is 3.28. The second-order valence-corrected chi connectivity index (χ2v) is 9.41. The van der Waals surface area contributed by atoms with Gasteiger partial charge in [-0.15, -0.1) is 0 Å². The van der Waals surface area contributed by atoms with Crippen LogP contribution in [0.3, 0.4) is 0 Å². The quantitative estimate of drug-likeness (QED) is 0.462. The van der Waals surface area contributed by atoms with Crippen LogP contribution < -0.4 is 21.0 Å². The molecular formula is C28H30F2N6O. The number of carbonyl (C=O) groups excluding carboxylic acids is 1. The van der Waals surface area contributed by atoms with Crippen LogP contribution >= 0.6 is 0 Å². The summed E-state index contributed by atoms with van der Waals surface area (Å²) in [7, 11) is 4.17. The largest absolute Gasteiger partial charge is 0.369 e. The minimum atomic E-state index is -0.836. The lowest BCUT2D eigenvalue weighted by molar-refractivity contribution is 0.261. The Labute approximate surface area is 215 Å². The van der Waals surface area contributed by atoms with Crippen molar-refractivity contribution < 1.29 is 13.6 Å². The number of hydrazine groups is 1. The van der Waals surface area contributed by atoms with Crippen molar-refractivity contribution in [1.82, 2.24) is 15.3 Å². The van der Waals surface area contributed by atoms with E-state index in [1.807, 2.05) is 19.2 Å². The standard InChI is InChI=1S/C28H30F2N6O/c1-34-13-15-36(16-14-34)23-10-5-20(6-11-23)27-18-26(33-35(27)2)19-3-8-22(9-4-19)31-28(37)32-25-12-7-21(29)17-24(25)30/h3-12,17-18,27,33H,13-16H2,1-2H3,(H2,31,32,37). The molecule has 1 fully saturated rings. The number of carbonyl (C=O) groups is 1. The molecule has 2 aliphatic heterocycles. The van der Waals surface area contributed by atoms with E-state index in [-0.39, 0.29) is 11.7 Å². The van der Waals surface area contributed by atoms with Crippen LogP contribution in [0.15, 0.2) is 72.8 Å². The Kier molecular flexibility index (Phi) is 7.07. The van der Waals surface area contributed by atoms with Gasteiger partial charge in [-0.1, -0.05) is 24.3 Å². The van der Waals surface area contributed by atoms with Crippen LogP contribution in [0.5, 0.6) is 0 Å². The van der Waals surface area contributed by atoms with Gasteiger partial charge in [0.05, 0.1) is 17.4 Å². The number of anilines is 3. The summed E-state index contributed by atoms with van der Waals surface area (Å²) < 4.78 is 26.8. The molecular weight excluding hydrogens is 474 g/mol. The summed E-state index contributed by atoms with van der Waals surface area (Å²) in [6, 6.07) is 18.6. The van der Waals surface area contributed by atoms with Crippen LogP contribution in [-0.4, -0.2) is 56.2 Å². The minimum absolute atomic E-state index is 0.0886. The third-order valence-electron chi connectivity index (χ3n) is 6.77. The normalized spacial score (nSPS) is 18.3. The maximum Gasteiger partial charge on any atom is 0.323 e. The van der Waals surface area contributed by atoms with Crippen LogP contribution in [0.1, 0.15) is 17.2 Å². The predicted octanol–water partition coefficient (Wildman–Crippen LogP) is 4.89. The van der Waals surface area contributed by atoms with Gasteiger partial charge in [-0.25, -0.2) is 18.6 Å². The zero-order chi connectivity index (χ0) is 25.9. The molecule has 2 heterocycles. The van der Waals surface area contributed by atoms with Gasteiger partial charge in [0, 0.05) is 50.7 Å². The Morgan fingerprint density at radius 2 is 1.59 bits per heavy atom. The highest BCUT2D eigenvalue weighted by molar-refractivity contribution is 5.99. The van der Waals surface area contributed by atoms with Gasteiger partial charge >= 0.3 is 6.03 Å². The molecule has 37 heavy (non-hydrogen) atoms. The lowest BCUT2D eigenvalue weighted by Gasteiger charge is -2.34. The number of piperazine rings is 1. The summed E-state index contributed by atoms with van der Waals surface area (Å²) in [5.74, 6) is -1.54. The number of benzene rings is 3. The lowest BCUT2D eigenvalue weighted by Crippen LogP contribution is -2.44. The maximum atomic E-state index is 13.8. The van der Waals surface area contributed by atoms with Gasteiger partial charge in [-0.2, -0.15) is 0 Å². The number of urea groups is 1. The summed E-state index contributed by atoms with van der Waals surface area (Å²) in [5, 5.41) is 7.11. The van der Waals surface area contributed by atoms with E-state index in [4.69, 9.17) is 0 Å². The number of nitrogens with one attached hydrogen (secondary N) is 3. The summed E-state index contributed by atoms with van der Waals surface area (Å²) in [4.78, 5) is 17.0. The number of rotatable bonds is 5. The summed E-state index contributed by atoms with van der Waals surface area (Å²) in [5.41, 5.74) is 8.26. The van der Waals surface area contributed by atoms with Gasteiger partial charge in [-0.3, -0.25) is 0 Å². The van der Waals surface area contributed by atoms with E-state index < -0.39 is 17.7 Å². The fourth-order valence-electron chi connectivity index (χ4n) is 4.60. The number of halogens is 2. The van der Waals surface area contributed by atoms with Crippen molar-refractivity contribution in [3.8, 4) is 0 Å². The molecule has 0 aromatic heterocycles. The number of hydrogen-bond donors (Lipinski definition) is 3. The Hall–Kier alpha value is -3.95. The zero-order valence-corrected chi connectivity index (χ0v) is 20.8. The maximum absolute atomic E-state index is 13.8. The van der Waals surface area contributed by atoms with Crippen molar-refractivity contribution in [2.75, 3.05) is 55.8 Å². The first kappa shape index (κ1) is 24.7. The first-order chi connectivity index (χ1) is 17.9. The predicted molar refractivity (Wildman–Crippen MR) is 143 cm³/mol. The van der Waals surface area contributed by atoms with Crippen molar-refractivity contribution in [3.05, 3.63) is 95.6 Å². The molecule has 7 nitrogen and oxygen atoms in total. The van der Waals surface area contributed by atoms with Gasteiger partial charge < -0.3 is 25.9 Å². The SMILES string of the molecule is CN1CCN(c2ccc(C3C=C(c4ccc(NC(=O)Nc5ccc(F)cc5F)cc4)NN3C)cc2)CC1.